The Morgan fingerprint density at radius 2 is 2.02 bits per heavy atom. The minimum Gasteiger partial charge on any atom is -0.382 e. The fourth-order valence-electron chi connectivity index (χ4n) is 6.28. The van der Waals surface area contributed by atoms with Crippen molar-refractivity contribution in [3.63, 3.8) is 0 Å². The highest BCUT2D eigenvalue weighted by Crippen LogP contribution is 2.44. The summed E-state index contributed by atoms with van der Waals surface area (Å²) in [5.41, 5.74) is 8.07. The number of imidazole rings is 1. The topological polar surface area (TPSA) is 169 Å². The number of fused-ring (bicyclic) bond motifs is 3. The molecule has 14 nitrogen and oxygen atoms in total. The number of nitrogen functional groups attached to an aromatic ring is 1. The summed E-state index contributed by atoms with van der Waals surface area (Å²) in [6.45, 7) is 4.29. The summed E-state index contributed by atoms with van der Waals surface area (Å²) in [6.07, 6.45) is 8.93. The number of aromatic nitrogens is 7. The van der Waals surface area contributed by atoms with Crippen molar-refractivity contribution in [2.75, 3.05) is 11.5 Å². The number of rotatable bonds is 9. The summed E-state index contributed by atoms with van der Waals surface area (Å²) < 4.78 is 22.7. The molecule has 0 bridgehead atoms. The Bertz CT molecular complexity index is 1400. The van der Waals surface area contributed by atoms with E-state index < -0.39 is 12.0 Å². The molecule has 7 rings (SSSR count). The number of nitrogens with two attached hydrogens (primary N) is 1. The van der Waals surface area contributed by atoms with Crippen molar-refractivity contribution in [2.45, 2.75) is 100 Å². The van der Waals surface area contributed by atoms with Crippen LogP contribution >= 0.6 is 11.8 Å². The molecule has 214 valence electrons. The van der Waals surface area contributed by atoms with Crippen LogP contribution in [0.25, 0.3) is 11.2 Å². The number of aryl methyl sites for hydroxylation is 1. The van der Waals surface area contributed by atoms with Crippen LogP contribution in [0.4, 0.5) is 10.6 Å². The molecule has 0 spiro atoms. The molecule has 0 aliphatic carbocycles. The standard InChI is InChI=1S/C25H34N10O4S/c1-25(2)38-19-15(37-23(20(19)39-25)35-12-29-18-21(26)27-11-28-22(18)35)9-34-8-13(32-33-34)6-4-3-5-7-16-17-14(10-40-16)30-24(36)31-17/h8,11-12,14-17,19-20,23H,3-7,9-10H2,1-2H3,(H2,26,27,28)(H2,30,31,36)/t14-,15-,16-,17-,19-,20-,23-/m0/s1. The maximum absolute atomic E-state index is 11.6. The molecule has 0 radical (unpaired) electrons. The van der Waals surface area contributed by atoms with Crippen molar-refractivity contribution >= 4 is 34.8 Å². The van der Waals surface area contributed by atoms with Gasteiger partial charge in [-0.25, -0.2) is 24.4 Å². The number of thioether (sulfide) groups is 1. The van der Waals surface area contributed by atoms with E-state index in [-0.39, 0.29) is 36.4 Å². The average molecular weight is 571 g/mol. The minimum absolute atomic E-state index is 0.0249. The number of amides is 2. The molecule has 2 amide bonds. The lowest BCUT2D eigenvalue weighted by molar-refractivity contribution is -0.197. The van der Waals surface area contributed by atoms with E-state index >= 15 is 0 Å². The van der Waals surface area contributed by atoms with Crippen molar-refractivity contribution in [2.24, 2.45) is 0 Å². The van der Waals surface area contributed by atoms with Crippen LogP contribution in [-0.2, 0) is 27.2 Å². The van der Waals surface area contributed by atoms with Gasteiger partial charge in [-0.3, -0.25) is 4.57 Å². The molecule has 0 aromatic carbocycles. The molecule has 0 unspecified atom stereocenters. The van der Waals surface area contributed by atoms with Crippen LogP contribution in [0.5, 0.6) is 0 Å². The van der Waals surface area contributed by atoms with E-state index in [0.717, 1.165) is 43.6 Å². The van der Waals surface area contributed by atoms with E-state index in [2.05, 4.69) is 35.9 Å². The Balaban J connectivity index is 0.949. The molecule has 4 fully saturated rings. The van der Waals surface area contributed by atoms with Crippen LogP contribution in [0, 0.1) is 0 Å². The Kier molecular flexibility index (Phi) is 6.56. The predicted octanol–water partition coefficient (Wildman–Crippen LogP) is 1.39. The number of hydrogen-bond donors (Lipinski definition) is 3. The molecule has 0 saturated carbocycles. The van der Waals surface area contributed by atoms with Gasteiger partial charge in [-0.05, 0) is 33.1 Å². The van der Waals surface area contributed by atoms with Crippen molar-refractivity contribution < 1.29 is 19.0 Å². The molecule has 40 heavy (non-hydrogen) atoms. The largest absolute Gasteiger partial charge is 0.382 e. The van der Waals surface area contributed by atoms with Crippen LogP contribution in [0.15, 0.2) is 18.9 Å². The number of ether oxygens (including phenoxy) is 3. The SMILES string of the molecule is CC1(C)O[C@@H]2[C@H](O1)[C@@H](n1cnc3c(N)ncnc31)O[C@H]2Cn1cc(CCCCC[C@@H]2SC[C@@H]3NC(=O)N[C@@H]32)nn1. The van der Waals surface area contributed by atoms with Crippen molar-refractivity contribution in [3.8, 4) is 0 Å². The summed E-state index contributed by atoms with van der Waals surface area (Å²) in [7, 11) is 0. The smallest absolute Gasteiger partial charge is 0.315 e. The van der Waals surface area contributed by atoms with Crippen LogP contribution in [0.3, 0.4) is 0 Å². The third kappa shape index (κ3) is 4.78. The van der Waals surface area contributed by atoms with Crippen LogP contribution < -0.4 is 16.4 Å². The number of carbonyl (C=O) groups excluding carboxylic acids is 1. The van der Waals surface area contributed by atoms with Gasteiger partial charge in [-0.1, -0.05) is 18.1 Å². The van der Waals surface area contributed by atoms with E-state index in [1.807, 2.05) is 41.1 Å². The zero-order valence-corrected chi connectivity index (χ0v) is 23.3. The van der Waals surface area contributed by atoms with Crippen LogP contribution in [0.2, 0.25) is 0 Å². The molecular weight excluding hydrogens is 536 g/mol. The number of hydrogen-bond acceptors (Lipinski definition) is 11. The summed E-state index contributed by atoms with van der Waals surface area (Å²) in [5.74, 6) is 0.575. The van der Waals surface area contributed by atoms with Crippen LogP contribution in [0.1, 0.15) is 51.5 Å². The van der Waals surface area contributed by atoms with Gasteiger partial charge in [0.2, 0.25) is 0 Å². The average Bonchev–Trinajstić information content (AvgIpc) is 3.73. The fraction of sp³-hybridized carbons (Fsp3) is 0.680. The molecule has 3 aromatic rings. The lowest BCUT2D eigenvalue weighted by Crippen LogP contribution is -2.36. The van der Waals surface area contributed by atoms with E-state index in [0.29, 0.717) is 28.8 Å². The fourth-order valence-corrected chi connectivity index (χ4v) is 7.83. The monoisotopic (exact) mass is 570 g/mol. The predicted molar refractivity (Wildman–Crippen MR) is 145 cm³/mol. The summed E-state index contributed by atoms with van der Waals surface area (Å²) >= 11 is 1.97. The number of carbonyl (C=O) groups is 1. The molecule has 4 aliphatic heterocycles. The Morgan fingerprint density at radius 1 is 1.15 bits per heavy atom. The van der Waals surface area contributed by atoms with E-state index in [1.165, 1.54) is 6.33 Å². The second-order valence-corrected chi connectivity index (χ2v) is 12.6. The Morgan fingerprint density at radius 3 is 2.92 bits per heavy atom. The molecule has 4 aliphatic rings. The lowest BCUT2D eigenvalue weighted by atomic mass is 10.0. The van der Waals surface area contributed by atoms with E-state index in [1.54, 1.807) is 6.33 Å². The van der Waals surface area contributed by atoms with Crippen molar-refractivity contribution in [1.82, 2.24) is 45.1 Å². The molecule has 15 heteroatoms. The van der Waals surface area contributed by atoms with Gasteiger partial charge in [0.15, 0.2) is 23.5 Å². The molecular formula is C25H34N10O4S. The number of nitrogens with one attached hydrogen (secondary N) is 2. The first-order valence-corrected chi connectivity index (χ1v) is 14.9. The maximum Gasteiger partial charge on any atom is 0.315 e. The summed E-state index contributed by atoms with van der Waals surface area (Å²) in [5, 5.41) is 15.3. The van der Waals surface area contributed by atoms with Gasteiger partial charge in [0.1, 0.15) is 30.2 Å². The number of urea groups is 1. The van der Waals surface area contributed by atoms with Crippen molar-refractivity contribution in [1.29, 1.82) is 0 Å². The second-order valence-electron chi connectivity index (χ2n) is 11.4. The van der Waals surface area contributed by atoms with E-state index in [9.17, 15) is 4.79 Å². The van der Waals surface area contributed by atoms with Gasteiger partial charge in [-0.15, -0.1) is 5.10 Å². The Hall–Kier alpha value is -3.01. The van der Waals surface area contributed by atoms with Gasteiger partial charge in [0.25, 0.3) is 0 Å². The van der Waals surface area contributed by atoms with Crippen molar-refractivity contribution in [3.05, 3.63) is 24.5 Å². The zero-order chi connectivity index (χ0) is 27.4. The maximum atomic E-state index is 11.6. The molecule has 3 aromatic heterocycles. The van der Waals surface area contributed by atoms with E-state index in [4.69, 9.17) is 19.9 Å². The van der Waals surface area contributed by atoms with Gasteiger partial charge in [-0.2, -0.15) is 11.8 Å². The van der Waals surface area contributed by atoms with Gasteiger partial charge < -0.3 is 30.6 Å². The molecule has 7 atom stereocenters. The quantitative estimate of drug-likeness (QED) is 0.251. The normalized spacial score (nSPS) is 32.4. The first-order valence-electron chi connectivity index (χ1n) is 13.9. The van der Waals surface area contributed by atoms with Gasteiger partial charge in [0.05, 0.1) is 30.6 Å². The first-order chi connectivity index (χ1) is 19.3. The van der Waals surface area contributed by atoms with Gasteiger partial charge in [0, 0.05) is 17.2 Å². The molecule has 4 N–H and O–H groups in total. The number of nitrogens with zero attached hydrogens (tertiary/aromatic N) is 7. The zero-order valence-electron chi connectivity index (χ0n) is 22.5. The van der Waals surface area contributed by atoms with Gasteiger partial charge >= 0.3 is 6.03 Å². The summed E-state index contributed by atoms with van der Waals surface area (Å²) in [6, 6.07) is 0.530. The summed E-state index contributed by atoms with van der Waals surface area (Å²) in [4.78, 5) is 24.4. The minimum atomic E-state index is -0.745. The third-order valence-corrected chi connectivity index (χ3v) is 9.61. The first kappa shape index (κ1) is 25.9. The third-order valence-electron chi connectivity index (χ3n) is 8.10. The highest BCUT2D eigenvalue weighted by molar-refractivity contribution is 8.00. The molecule has 7 heterocycles. The highest BCUT2D eigenvalue weighted by atomic mass is 32.2. The number of unbranched alkanes of at least 4 members (excludes halogenated alkanes) is 2. The van der Waals surface area contributed by atoms with Crippen LogP contribution in [-0.4, -0.2) is 87.7 Å². The Labute approximate surface area is 235 Å². The number of anilines is 1. The lowest BCUT2D eigenvalue weighted by Gasteiger charge is -2.24. The highest BCUT2D eigenvalue weighted by Gasteiger charge is 2.56. The second kappa shape index (κ2) is 10.1. The molecule has 4 saturated heterocycles.